The van der Waals surface area contributed by atoms with Gasteiger partial charge >= 0.3 is 0 Å². The molecule has 2 aliphatic heterocycles. The number of para-hydroxylation sites is 1. The molecule has 1 saturated carbocycles. The van der Waals surface area contributed by atoms with Gasteiger partial charge in [-0.2, -0.15) is 0 Å². The lowest BCUT2D eigenvalue weighted by Crippen LogP contribution is -2.55. The second-order valence-corrected chi connectivity index (χ2v) is 10.4. The molecule has 0 radical (unpaired) electrons. The molecule has 0 spiro atoms. The quantitative estimate of drug-likeness (QED) is 0.671. The van der Waals surface area contributed by atoms with Gasteiger partial charge in [-0.25, -0.2) is 0 Å². The van der Waals surface area contributed by atoms with Gasteiger partial charge in [0.25, 0.3) is 0 Å². The Hall–Kier alpha value is -2.45. The number of amides is 3. The van der Waals surface area contributed by atoms with Crippen molar-refractivity contribution in [1.29, 1.82) is 0 Å². The van der Waals surface area contributed by atoms with Crippen molar-refractivity contribution in [3.05, 3.63) is 29.3 Å². The van der Waals surface area contributed by atoms with Crippen LogP contribution in [0.4, 0.5) is 5.69 Å². The first kappa shape index (κ1) is 25.6. The molecule has 0 unspecified atom stereocenters. The van der Waals surface area contributed by atoms with Gasteiger partial charge < -0.3 is 15.1 Å². The maximum atomic E-state index is 12.9. The minimum Gasteiger partial charge on any atom is -0.340 e. The van der Waals surface area contributed by atoms with Crippen molar-refractivity contribution in [1.82, 2.24) is 19.6 Å². The molecule has 3 fully saturated rings. The smallest absolute Gasteiger partial charge is 0.238 e. The van der Waals surface area contributed by atoms with Gasteiger partial charge in [0, 0.05) is 64.0 Å². The van der Waals surface area contributed by atoms with E-state index in [2.05, 4.69) is 15.1 Å². The minimum atomic E-state index is -0.0113. The summed E-state index contributed by atoms with van der Waals surface area (Å²) in [4.78, 5) is 46.4. The van der Waals surface area contributed by atoms with Crippen LogP contribution in [0, 0.1) is 19.8 Å². The van der Waals surface area contributed by atoms with Crippen LogP contribution in [0.3, 0.4) is 0 Å². The number of benzene rings is 1. The minimum absolute atomic E-state index is 0.0113. The molecule has 192 valence electrons. The Morgan fingerprint density at radius 2 is 1.31 bits per heavy atom. The summed E-state index contributed by atoms with van der Waals surface area (Å²) in [5.41, 5.74) is 3.02. The van der Waals surface area contributed by atoms with Crippen molar-refractivity contribution in [3.8, 4) is 0 Å². The lowest BCUT2D eigenvalue weighted by molar-refractivity contribution is -0.139. The molecule has 1 aliphatic carbocycles. The Kier molecular flexibility index (Phi) is 8.78. The van der Waals surface area contributed by atoms with E-state index >= 15 is 0 Å². The molecule has 1 N–H and O–H groups in total. The number of piperazine rings is 2. The van der Waals surface area contributed by atoms with Crippen LogP contribution in [0.1, 0.15) is 43.2 Å². The first-order valence-corrected chi connectivity index (χ1v) is 13.3. The van der Waals surface area contributed by atoms with Crippen molar-refractivity contribution in [2.24, 2.45) is 5.92 Å². The fourth-order valence-corrected chi connectivity index (χ4v) is 5.57. The van der Waals surface area contributed by atoms with Crippen LogP contribution in [0.15, 0.2) is 18.2 Å². The van der Waals surface area contributed by atoms with E-state index in [9.17, 15) is 14.4 Å². The number of aryl methyl sites for hydroxylation is 2. The molecule has 1 aromatic rings. The fourth-order valence-electron chi connectivity index (χ4n) is 5.57. The van der Waals surface area contributed by atoms with Gasteiger partial charge in [-0.3, -0.25) is 24.2 Å². The van der Waals surface area contributed by atoms with Crippen LogP contribution in [-0.2, 0) is 14.4 Å². The molecule has 0 aromatic heterocycles. The molecule has 8 heteroatoms. The number of nitrogens with zero attached hydrogens (tertiary/aromatic N) is 4. The van der Waals surface area contributed by atoms with Crippen molar-refractivity contribution in [2.45, 2.75) is 46.0 Å². The highest BCUT2D eigenvalue weighted by atomic mass is 16.2. The molecule has 4 rings (SSSR count). The molecule has 3 amide bonds. The average molecular weight is 484 g/mol. The van der Waals surface area contributed by atoms with Crippen molar-refractivity contribution in [2.75, 3.05) is 70.8 Å². The third-order valence-corrected chi connectivity index (χ3v) is 7.83. The van der Waals surface area contributed by atoms with Crippen molar-refractivity contribution < 1.29 is 14.4 Å². The summed E-state index contributed by atoms with van der Waals surface area (Å²) in [5.74, 6) is 0.684. The number of carbonyl (C=O) groups excluding carboxylic acids is 3. The molecule has 35 heavy (non-hydrogen) atoms. The van der Waals surface area contributed by atoms with Gasteiger partial charge in [-0.1, -0.05) is 37.5 Å². The van der Waals surface area contributed by atoms with E-state index in [1.54, 1.807) is 0 Å². The first-order valence-electron chi connectivity index (χ1n) is 13.3. The summed E-state index contributed by atoms with van der Waals surface area (Å²) in [6.07, 6.45) is 5.69. The summed E-state index contributed by atoms with van der Waals surface area (Å²) in [6.45, 7) is 10.5. The fraction of sp³-hybridized carbons (Fsp3) is 0.667. The molecule has 0 atom stereocenters. The Balaban J connectivity index is 1.15. The van der Waals surface area contributed by atoms with E-state index in [-0.39, 0.29) is 17.7 Å². The van der Waals surface area contributed by atoms with Gasteiger partial charge in [0.2, 0.25) is 17.7 Å². The van der Waals surface area contributed by atoms with Crippen molar-refractivity contribution >= 4 is 23.4 Å². The Bertz CT molecular complexity index is 878. The monoisotopic (exact) mass is 483 g/mol. The maximum Gasteiger partial charge on any atom is 0.238 e. The first-order chi connectivity index (χ1) is 16.9. The largest absolute Gasteiger partial charge is 0.340 e. The Labute approximate surface area is 209 Å². The lowest BCUT2D eigenvalue weighted by atomic mass is 9.88. The van der Waals surface area contributed by atoms with E-state index in [1.165, 1.54) is 19.3 Å². The molecular formula is C27H41N5O3. The van der Waals surface area contributed by atoms with E-state index < -0.39 is 0 Å². The predicted molar refractivity (Wildman–Crippen MR) is 137 cm³/mol. The standard InChI is InChI=1S/C27H41N5O3/c1-21-7-6-8-22(2)26(21)28-24(33)19-29-11-15-31(16-12-29)25(34)20-30-13-17-32(18-14-30)27(35)23-9-4-3-5-10-23/h6-8,23H,3-5,9-20H2,1-2H3,(H,28,33). The van der Waals surface area contributed by atoms with Crippen LogP contribution >= 0.6 is 0 Å². The van der Waals surface area contributed by atoms with Crippen LogP contribution in [0.25, 0.3) is 0 Å². The second kappa shape index (κ2) is 12.0. The predicted octanol–water partition coefficient (Wildman–Crippen LogP) is 2.11. The zero-order valence-corrected chi connectivity index (χ0v) is 21.4. The van der Waals surface area contributed by atoms with Gasteiger partial charge in [0.1, 0.15) is 0 Å². The third kappa shape index (κ3) is 6.82. The van der Waals surface area contributed by atoms with Crippen LogP contribution < -0.4 is 5.32 Å². The highest BCUT2D eigenvalue weighted by Crippen LogP contribution is 2.26. The van der Waals surface area contributed by atoms with E-state index in [0.29, 0.717) is 45.2 Å². The lowest BCUT2D eigenvalue weighted by Gasteiger charge is -2.39. The summed E-state index contributed by atoms with van der Waals surface area (Å²) in [5, 5.41) is 3.05. The molecule has 2 heterocycles. The maximum absolute atomic E-state index is 12.9. The average Bonchev–Trinajstić information content (AvgIpc) is 2.87. The van der Waals surface area contributed by atoms with Crippen LogP contribution in [-0.4, -0.2) is 103 Å². The number of carbonyl (C=O) groups is 3. The molecule has 0 bridgehead atoms. The van der Waals surface area contributed by atoms with Crippen LogP contribution in [0.5, 0.6) is 0 Å². The van der Waals surface area contributed by atoms with Gasteiger partial charge in [-0.15, -0.1) is 0 Å². The second-order valence-electron chi connectivity index (χ2n) is 10.4. The number of hydrogen-bond acceptors (Lipinski definition) is 5. The molecule has 3 aliphatic rings. The SMILES string of the molecule is Cc1cccc(C)c1NC(=O)CN1CCN(C(=O)CN2CCN(C(=O)C3CCCCC3)CC2)CC1. The molecule has 2 saturated heterocycles. The summed E-state index contributed by atoms with van der Waals surface area (Å²) < 4.78 is 0. The normalized spacial score (nSPS) is 20.6. The summed E-state index contributed by atoms with van der Waals surface area (Å²) in [6, 6.07) is 6.00. The van der Waals surface area contributed by atoms with Gasteiger partial charge in [0.15, 0.2) is 0 Å². The highest BCUT2D eigenvalue weighted by molar-refractivity contribution is 5.93. The third-order valence-electron chi connectivity index (χ3n) is 7.83. The molecule has 8 nitrogen and oxygen atoms in total. The highest BCUT2D eigenvalue weighted by Gasteiger charge is 2.30. The summed E-state index contributed by atoms with van der Waals surface area (Å²) in [7, 11) is 0. The topological polar surface area (TPSA) is 76.2 Å². The van der Waals surface area contributed by atoms with E-state index in [1.807, 2.05) is 41.8 Å². The van der Waals surface area contributed by atoms with E-state index in [0.717, 1.165) is 55.8 Å². The van der Waals surface area contributed by atoms with Gasteiger partial charge in [0.05, 0.1) is 13.1 Å². The summed E-state index contributed by atoms with van der Waals surface area (Å²) >= 11 is 0. The van der Waals surface area contributed by atoms with Crippen LogP contribution in [0.2, 0.25) is 0 Å². The number of rotatable bonds is 6. The number of nitrogens with one attached hydrogen (secondary N) is 1. The Morgan fingerprint density at radius 3 is 1.91 bits per heavy atom. The molecular weight excluding hydrogens is 442 g/mol. The Morgan fingerprint density at radius 1 is 0.771 bits per heavy atom. The zero-order chi connectivity index (χ0) is 24.8. The zero-order valence-electron chi connectivity index (χ0n) is 21.4. The van der Waals surface area contributed by atoms with Crippen molar-refractivity contribution in [3.63, 3.8) is 0 Å². The van der Waals surface area contributed by atoms with E-state index in [4.69, 9.17) is 0 Å². The number of hydrogen-bond donors (Lipinski definition) is 1. The number of anilines is 1. The molecule has 1 aromatic carbocycles. The van der Waals surface area contributed by atoms with Gasteiger partial charge in [-0.05, 0) is 37.8 Å².